The third kappa shape index (κ3) is 5.14. The first-order valence-electron chi connectivity index (χ1n) is 9.07. The second-order valence-corrected chi connectivity index (χ2v) is 7.89. The first-order valence-corrected chi connectivity index (χ1v) is 10.3. The summed E-state index contributed by atoms with van der Waals surface area (Å²) in [5, 5.41) is 6.77. The Bertz CT molecular complexity index is 1050. The van der Waals surface area contributed by atoms with Crippen LogP contribution in [0.5, 0.6) is 5.88 Å². The van der Waals surface area contributed by atoms with Crippen LogP contribution in [0.4, 0.5) is 16.2 Å². The molecular formula is C19H22ClN5O4S. The molecule has 0 aliphatic carbocycles. The van der Waals surface area contributed by atoms with E-state index in [0.29, 0.717) is 28.5 Å². The van der Waals surface area contributed by atoms with Crippen LogP contribution in [0.2, 0.25) is 5.02 Å². The van der Waals surface area contributed by atoms with E-state index in [-0.39, 0.29) is 18.6 Å². The number of carbonyl (C=O) groups excluding carboxylic acids is 1. The third-order valence-electron chi connectivity index (χ3n) is 4.17. The number of aromatic nitrogens is 3. The number of hydrogen-bond donors (Lipinski definition) is 2. The number of nitrogens with one attached hydrogen (secondary N) is 2. The van der Waals surface area contributed by atoms with Crippen LogP contribution >= 0.6 is 22.9 Å². The summed E-state index contributed by atoms with van der Waals surface area (Å²) < 4.78 is 16.0. The van der Waals surface area contributed by atoms with Crippen molar-refractivity contribution in [2.75, 3.05) is 38.1 Å². The van der Waals surface area contributed by atoms with Crippen LogP contribution in [0.15, 0.2) is 18.5 Å². The van der Waals surface area contributed by atoms with Gasteiger partial charge in [-0.25, -0.2) is 19.7 Å². The second kappa shape index (κ2) is 9.98. The van der Waals surface area contributed by atoms with E-state index in [1.807, 2.05) is 13.8 Å². The molecule has 0 aromatic carbocycles. The average Bonchev–Trinajstić information content (AvgIpc) is 3.09. The molecule has 0 bridgehead atoms. The Labute approximate surface area is 182 Å². The van der Waals surface area contributed by atoms with Crippen molar-refractivity contribution >= 4 is 50.7 Å². The topological polar surface area (TPSA) is 107 Å². The van der Waals surface area contributed by atoms with Gasteiger partial charge in [-0.2, -0.15) is 0 Å². The van der Waals surface area contributed by atoms with E-state index in [1.165, 1.54) is 17.5 Å². The van der Waals surface area contributed by atoms with Gasteiger partial charge in [0.05, 0.1) is 34.6 Å². The molecule has 3 aromatic heterocycles. The van der Waals surface area contributed by atoms with Crippen molar-refractivity contribution in [1.29, 1.82) is 0 Å². The molecule has 2 amide bonds. The Balaban J connectivity index is 1.85. The molecule has 2 N–H and O–H groups in total. The fourth-order valence-electron chi connectivity index (χ4n) is 2.76. The molecule has 30 heavy (non-hydrogen) atoms. The van der Waals surface area contributed by atoms with E-state index in [4.69, 9.17) is 25.8 Å². The minimum atomic E-state index is -0.506. The number of anilines is 2. The third-order valence-corrected chi connectivity index (χ3v) is 5.26. The highest BCUT2D eigenvalue weighted by Crippen LogP contribution is 2.34. The number of fused-ring (bicyclic) bond motifs is 1. The lowest BCUT2D eigenvalue weighted by molar-refractivity contribution is 0.121. The minimum Gasteiger partial charge on any atom is -0.474 e. The molecular weight excluding hydrogens is 430 g/mol. The van der Waals surface area contributed by atoms with Gasteiger partial charge in [-0.1, -0.05) is 22.9 Å². The number of methoxy groups -OCH3 is 2. The quantitative estimate of drug-likeness (QED) is 0.488. The van der Waals surface area contributed by atoms with Crippen LogP contribution in [-0.4, -0.2) is 48.4 Å². The number of halogens is 1. The Morgan fingerprint density at radius 2 is 1.97 bits per heavy atom. The van der Waals surface area contributed by atoms with Gasteiger partial charge in [0.2, 0.25) is 5.88 Å². The van der Waals surface area contributed by atoms with E-state index < -0.39 is 6.03 Å². The maximum absolute atomic E-state index is 12.7. The van der Waals surface area contributed by atoms with Gasteiger partial charge < -0.3 is 24.8 Å². The van der Waals surface area contributed by atoms with Crippen LogP contribution in [0, 0.1) is 6.92 Å². The van der Waals surface area contributed by atoms with Crippen LogP contribution in [0.25, 0.3) is 10.3 Å². The standard InChI is InChI=1S/C19H22ClN5O4S/c1-10(28-4)15-14(9-22-18-16(15)23-11(2)30-18)25-19(26)24-13-7-12(20)8-21-17(13)29-6-5-27-3/h7-10H,5-6H2,1-4H3,(H2,24,25,26)/t10-/m1/s1. The number of pyridine rings is 2. The Morgan fingerprint density at radius 3 is 2.70 bits per heavy atom. The lowest BCUT2D eigenvalue weighted by Crippen LogP contribution is -2.22. The first kappa shape index (κ1) is 22.2. The van der Waals surface area contributed by atoms with Gasteiger partial charge in [0.1, 0.15) is 22.6 Å². The molecule has 3 rings (SSSR count). The minimum absolute atomic E-state index is 0.237. The van der Waals surface area contributed by atoms with Crippen molar-refractivity contribution in [3.8, 4) is 5.88 Å². The Morgan fingerprint density at radius 1 is 1.20 bits per heavy atom. The number of hydrogen-bond acceptors (Lipinski definition) is 8. The van der Waals surface area contributed by atoms with Crippen LogP contribution in [0.1, 0.15) is 23.6 Å². The summed E-state index contributed by atoms with van der Waals surface area (Å²) in [5.74, 6) is 0.237. The zero-order valence-electron chi connectivity index (χ0n) is 17.0. The summed E-state index contributed by atoms with van der Waals surface area (Å²) in [4.78, 5) is 26.6. The molecule has 0 radical (unpaired) electrons. The number of ether oxygens (including phenoxy) is 3. The smallest absolute Gasteiger partial charge is 0.323 e. The zero-order chi connectivity index (χ0) is 21.7. The molecule has 0 aliphatic rings. The van der Waals surface area contributed by atoms with Gasteiger partial charge >= 0.3 is 6.03 Å². The summed E-state index contributed by atoms with van der Waals surface area (Å²) >= 11 is 7.51. The maximum Gasteiger partial charge on any atom is 0.323 e. The lowest BCUT2D eigenvalue weighted by Gasteiger charge is -2.17. The SMILES string of the molecule is COCCOc1ncc(Cl)cc1NC(=O)Nc1cnc2sc(C)nc2c1[C@@H](C)OC. The molecule has 11 heteroatoms. The van der Waals surface area contributed by atoms with Crippen LogP contribution in [0.3, 0.4) is 0 Å². The van der Waals surface area contributed by atoms with E-state index in [0.717, 1.165) is 15.4 Å². The normalized spacial score (nSPS) is 12.0. The average molecular weight is 452 g/mol. The van der Waals surface area contributed by atoms with Crippen molar-refractivity contribution < 1.29 is 19.0 Å². The van der Waals surface area contributed by atoms with Crippen molar-refractivity contribution in [2.24, 2.45) is 0 Å². The van der Waals surface area contributed by atoms with Crippen LogP contribution in [-0.2, 0) is 9.47 Å². The Hall–Kier alpha value is -2.53. The largest absolute Gasteiger partial charge is 0.474 e. The second-order valence-electron chi connectivity index (χ2n) is 6.28. The molecule has 0 fully saturated rings. The van der Waals surface area contributed by atoms with Gasteiger partial charge in [0, 0.05) is 26.0 Å². The number of nitrogens with zero attached hydrogens (tertiary/aromatic N) is 3. The van der Waals surface area contributed by atoms with Crippen molar-refractivity contribution in [1.82, 2.24) is 15.0 Å². The maximum atomic E-state index is 12.7. The zero-order valence-corrected chi connectivity index (χ0v) is 18.6. The van der Waals surface area contributed by atoms with E-state index in [9.17, 15) is 4.79 Å². The van der Waals surface area contributed by atoms with Crippen molar-refractivity contribution in [2.45, 2.75) is 20.0 Å². The fraction of sp³-hybridized carbons (Fsp3) is 0.368. The predicted octanol–water partition coefficient (Wildman–Crippen LogP) is 4.42. The summed E-state index contributed by atoms with van der Waals surface area (Å²) in [5.41, 5.74) is 2.29. The monoisotopic (exact) mass is 451 g/mol. The van der Waals surface area contributed by atoms with E-state index in [1.54, 1.807) is 26.5 Å². The number of aryl methyl sites for hydroxylation is 1. The lowest BCUT2D eigenvalue weighted by atomic mass is 10.1. The van der Waals surface area contributed by atoms with Gasteiger partial charge in [-0.05, 0) is 19.9 Å². The number of carbonyl (C=O) groups is 1. The molecule has 3 heterocycles. The molecule has 160 valence electrons. The highest BCUT2D eigenvalue weighted by atomic mass is 35.5. The predicted molar refractivity (Wildman–Crippen MR) is 117 cm³/mol. The molecule has 1 atom stereocenters. The Kier molecular flexibility index (Phi) is 7.38. The number of amides is 2. The van der Waals surface area contributed by atoms with Gasteiger partial charge in [-0.3, -0.25) is 0 Å². The molecule has 0 aliphatic heterocycles. The van der Waals surface area contributed by atoms with Gasteiger partial charge in [0.25, 0.3) is 0 Å². The summed E-state index contributed by atoms with van der Waals surface area (Å²) in [6, 6.07) is 1.05. The molecule has 0 spiro atoms. The molecule has 0 saturated carbocycles. The van der Waals surface area contributed by atoms with E-state index >= 15 is 0 Å². The van der Waals surface area contributed by atoms with Gasteiger partial charge in [0.15, 0.2) is 0 Å². The summed E-state index contributed by atoms with van der Waals surface area (Å²) in [6.45, 7) is 4.45. The first-order chi connectivity index (χ1) is 14.4. The summed E-state index contributed by atoms with van der Waals surface area (Å²) in [6.07, 6.45) is 2.73. The highest BCUT2D eigenvalue weighted by Gasteiger charge is 2.20. The van der Waals surface area contributed by atoms with Crippen molar-refractivity contribution in [3.63, 3.8) is 0 Å². The van der Waals surface area contributed by atoms with Gasteiger partial charge in [-0.15, -0.1) is 0 Å². The number of rotatable bonds is 8. The van der Waals surface area contributed by atoms with Crippen molar-refractivity contribution in [3.05, 3.63) is 34.1 Å². The van der Waals surface area contributed by atoms with Crippen LogP contribution < -0.4 is 15.4 Å². The molecule has 3 aromatic rings. The fourth-order valence-corrected chi connectivity index (χ4v) is 3.69. The number of urea groups is 1. The highest BCUT2D eigenvalue weighted by molar-refractivity contribution is 7.18. The molecule has 9 nitrogen and oxygen atoms in total. The molecule has 0 saturated heterocycles. The summed E-state index contributed by atoms with van der Waals surface area (Å²) in [7, 11) is 3.17. The molecule has 0 unspecified atom stereocenters. The number of thiazole rings is 1. The van der Waals surface area contributed by atoms with E-state index in [2.05, 4.69) is 25.6 Å².